The van der Waals surface area contributed by atoms with Crippen LogP contribution in [0.1, 0.15) is 33.6 Å². The van der Waals surface area contributed by atoms with E-state index in [-0.39, 0.29) is 0 Å². The number of hydrogen-bond donors (Lipinski definition) is 0. The molecule has 2 rings (SSSR count). The van der Waals surface area contributed by atoms with E-state index in [0.29, 0.717) is 9.65 Å². The highest BCUT2D eigenvalue weighted by Crippen LogP contribution is 2.44. The number of rotatable bonds is 0. The molecule has 2 heteroatoms. The first-order chi connectivity index (χ1) is 5.79. The normalized spacial score (nSPS) is 28.2. The van der Waals surface area contributed by atoms with Crippen LogP contribution in [0.3, 0.4) is 0 Å². The zero-order valence-corrected chi connectivity index (χ0v) is 9.81. The quantitative estimate of drug-likeness (QED) is 0.623. The predicted molar refractivity (Wildman–Crippen MR) is 59.0 cm³/mol. The van der Waals surface area contributed by atoms with E-state index in [1.54, 1.807) is 0 Å². The van der Waals surface area contributed by atoms with Gasteiger partial charge in [0.15, 0.2) is 0 Å². The van der Waals surface area contributed by atoms with Crippen LogP contribution in [0.4, 0.5) is 0 Å². The molecule has 0 fully saturated rings. The maximum Gasteiger partial charge on any atom is 0.0399 e. The van der Waals surface area contributed by atoms with Gasteiger partial charge in [0, 0.05) is 9.65 Å². The largest absolute Gasteiger partial charge is 0.0839 e. The van der Waals surface area contributed by atoms with Gasteiger partial charge in [-0.25, -0.2) is 0 Å². The van der Waals surface area contributed by atoms with Crippen LogP contribution in [-0.2, 0) is 0 Å². The maximum atomic E-state index is 3.69. The zero-order valence-electron chi connectivity index (χ0n) is 6.63. The average molecular weight is 290 g/mol. The lowest BCUT2D eigenvalue weighted by Crippen LogP contribution is -2.06. The Labute approximate surface area is 89.6 Å². The molecule has 1 aliphatic rings. The minimum absolute atomic E-state index is 0.558. The van der Waals surface area contributed by atoms with E-state index in [2.05, 4.69) is 56.1 Å². The molecular formula is C10H10Br2. The van der Waals surface area contributed by atoms with E-state index in [4.69, 9.17) is 0 Å². The van der Waals surface area contributed by atoms with Crippen molar-refractivity contribution >= 4 is 31.9 Å². The van der Waals surface area contributed by atoms with Crippen molar-refractivity contribution in [3.63, 3.8) is 0 Å². The minimum Gasteiger partial charge on any atom is -0.0839 e. The molecule has 1 aromatic rings. The predicted octanol–water partition coefficient (Wildman–Crippen LogP) is 4.35. The molecule has 0 heterocycles. The first kappa shape index (κ1) is 8.76. The topological polar surface area (TPSA) is 0 Å². The van der Waals surface area contributed by atoms with Crippen LogP contribution in [0.25, 0.3) is 0 Å². The summed E-state index contributed by atoms with van der Waals surface area (Å²) in [5.74, 6) is 0. The Bertz CT molecular complexity index is 254. The van der Waals surface area contributed by atoms with Gasteiger partial charge in [-0.3, -0.25) is 0 Å². The summed E-state index contributed by atoms with van der Waals surface area (Å²) in [6.45, 7) is 0. The second-order valence-electron chi connectivity index (χ2n) is 3.14. The third-order valence-electron chi connectivity index (χ3n) is 2.34. The number of halogens is 2. The second kappa shape index (κ2) is 3.51. The summed E-state index contributed by atoms with van der Waals surface area (Å²) < 4.78 is 0. The number of fused-ring (bicyclic) bond motifs is 1. The molecule has 64 valence electrons. The summed E-state index contributed by atoms with van der Waals surface area (Å²) in [5, 5.41) is 0. The molecule has 0 aromatic heterocycles. The molecule has 0 aliphatic heterocycles. The smallest absolute Gasteiger partial charge is 0.0399 e. The van der Waals surface area contributed by atoms with Crippen LogP contribution in [-0.4, -0.2) is 0 Å². The van der Waals surface area contributed by atoms with E-state index in [9.17, 15) is 0 Å². The molecule has 0 spiro atoms. The lowest BCUT2D eigenvalue weighted by molar-refractivity contribution is 0.676. The summed E-state index contributed by atoms with van der Waals surface area (Å²) in [5.41, 5.74) is 2.90. The van der Waals surface area contributed by atoms with Crippen molar-refractivity contribution in [2.24, 2.45) is 0 Å². The molecule has 0 N–H and O–H groups in total. The molecule has 0 saturated carbocycles. The van der Waals surface area contributed by atoms with E-state index in [0.717, 1.165) is 0 Å². The van der Waals surface area contributed by atoms with Crippen molar-refractivity contribution < 1.29 is 0 Å². The third-order valence-corrected chi connectivity index (χ3v) is 4.25. The first-order valence-electron chi connectivity index (χ1n) is 4.16. The van der Waals surface area contributed by atoms with Gasteiger partial charge < -0.3 is 0 Å². The highest BCUT2D eigenvalue weighted by atomic mass is 79.9. The monoisotopic (exact) mass is 288 g/mol. The van der Waals surface area contributed by atoms with Gasteiger partial charge in [-0.1, -0.05) is 56.1 Å². The van der Waals surface area contributed by atoms with E-state index >= 15 is 0 Å². The fourth-order valence-electron chi connectivity index (χ4n) is 1.69. The number of hydrogen-bond acceptors (Lipinski definition) is 0. The molecule has 2 atom stereocenters. The van der Waals surface area contributed by atoms with Gasteiger partial charge in [0.05, 0.1) is 0 Å². The molecule has 1 aliphatic carbocycles. The van der Waals surface area contributed by atoms with Crippen LogP contribution in [0, 0.1) is 0 Å². The molecule has 0 nitrogen and oxygen atoms in total. The van der Waals surface area contributed by atoms with Crippen LogP contribution in [0.15, 0.2) is 24.3 Å². The Morgan fingerprint density at radius 3 is 1.75 bits per heavy atom. The molecule has 12 heavy (non-hydrogen) atoms. The van der Waals surface area contributed by atoms with Crippen molar-refractivity contribution in [1.82, 2.24) is 0 Å². The molecular weight excluding hydrogens is 280 g/mol. The van der Waals surface area contributed by atoms with Gasteiger partial charge in [0.2, 0.25) is 0 Å². The van der Waals surface area contributed by atoms with Crippen LogP contribution in [0.5, 0.6) is 0 Å². The van der Waals surface area contributed by atoms with Crippen LogP contribution < -0.4 is 0 Å². The van der Waals surface area contributed by atoms with Gasteiger partial charge in [-0.2, -0.15) is 0 Å². The summed E-state index contributed by atoms with van der Waals surface area (Å²) >= 11 is 7.39. The lowest BCUT2D eigenvalue weighted by Gasteiger charge is -2.24. The lowest BCUT2D eigenvalue weighted by atomic mass is 9.92. The van der Waals surface area contributed by atoms with Crippen molar-refractivity contribution in [2.45, 2.75) is 22.5 Å². The summed E-state index contributed by atoms with van der Waals surface area (Å²) in [6.07, 6.45) is 2.46. The van der Waals surface area contributed by atoms with Crippen LogP contribution >= 0.6 is 31.9 Å². The highest BCUT2D eigenvalue weighted by Gasteiger charge is 2.22. The number of benzene rings is 1. The molecule has 0 radical (unpaired) electrons. The summed E-state index contributed by atoms with van der Waals surface area (Å²) in [6, 6.07) is 8.64. The van der Waals surface area contributed by atoms with Gasteiger partial charge in [0.1, 0.15) is 0 Å². The standard InChI is InChI=1S/C10H10Br2/c11-9-5-6-10(12)8-4-2-1-3-7(8)9/h1-4,9-10H,5-6H2/t9-,10+. The Morgan fingerprint density at radius 2 is 1.33 bits per heavy atom. The summed E-state index contributed by atoms with van der Waals surface area (Å²) in [7, 11) is 0. The Kier molecular flexibility index (Phi) is 2.56. The molecule has 0 bridgehead atoms. The van der Waals surface area contributed by atoms with Gasteiger partial charge >= 0.3 is 0 Å². The highest BCUT2D eigenvalue weighted by molar-refractivity contribution is 9.09. The van der Waals surface area contributed by atoms with E-state index < -0.39 is 0 Å². The van der Waals surface area contributed by atoms with Crippen molar-refractivity contribution in [3.8, 4) is 0 Å². The van der Waals surface area contributed by atoms with Crippen molar-refractivity contribution in [2.75, 3.05) is 0 Å². The zero-order chi connectivity index (χ0) is 8.55. The molecule has 0 amide bonds. The van der Waals surface area contributed by atoms with Gasteiger partial charge in [0.25, 0.3) is 0 Å². The van der Waals surface area contributed by atoms with E-state index in [1.165, 1.54) is 24.0 Å². The van der Waals surface area contributed by atoms with Crippen LogP contribution in [0.2, 0.25) is 0 Å². The molecule has 0 saturated heterocycles. The first-order valence-corrected chi connectivity index (χ1v) is 5.99. The third kappa shape index (κ3) is 1.47. The fourth-order valence-corrected chi connectivity index (χ4v) is 3.05. The van der Waals surface area contributed by atoms with Gasteiger partial charge in [-0.15, -0.1) is 0 Å². The summed E-state index contributed by atoms with van der Waals surface area (Å²) in [4.78, 5) is 1.12. The Hall–Kier alpha value is 0.180. The Balaban J connectivity index is 2.47. The van der Waals surface area contributed by atoms with Crippen molar-refractivity contribution in [3.05, 3.63) is 35.4 Å². The van der Waals surface area contributed by atoms with E-state index in [1.807, 2.05) is 0 Å². The number of alkyl halides is 2. The van der Waals surface area contributed by atoms with Gasteiger partial charge in [-0.05, 0) is 24.0 Å². The fraction of sp³-hybridized carbons (Fsp3) is 0.400. The molecule has 1 aromatic carbocycles. The maximum absolute atomic E-state index is 3.69. The second-order valence-corrected chi connectivity index (χ2v) is 5.35. The Morgan fingerprint density at radius 1 is 0.917 bits per heavy atom. The molecule has 0 unspecified atom stereocenters. The van der Waals surface area contributed by atoms with Crippen molar-refractivity contribution in [1.29, 1.82) is 0 Å². The average Bonchev–Trinajstić information content (AvgIpc) is 2.12. The SMILES string of the molecule is Br[C@@H]1CC[C@H](Br)c2ccccc21. The minimum atomic E-state index is 0.558.